The summed E-state index contributed by atoms with van der Waals surface area (Å²) in [6, 6.07) is 5.03. The van der Waals surface area contributed by atoms with Gasteiger partial charge in [-0.3, -0.25) is 15.2 Å². The topological polar surface area (TPSA) is 97.8 Å². The van der Waals surface area contributed by atoms with Crippen LogP contribution in [0, 0.1) is 23.0 Å². The molecule has 0 unspecified atom stereocenters. The molecule has 6 heteroatoms. The summed E-state index contributed by atoms with van der Waals surface area (Å²) in [5.41, 5.74) is 8.91. The Morgan fingerprint density at radius 3 is 2.75 bits per heavy atom. The molecular formula is C14H18N4O2. The van der Waals surface area contributed by atoms with Crippen molar-refractivity contribution in [2.45, 2.75) is 27.2 Å². The van der Waals surface area contributed by atoms with Gasteiger partial charge in [0.2, 0.25) is 0 Å². The molecule has 2 rings (SSSR count). The molecule has 106 valence electrons. The summed E-state index contributed by atoms with van der Waals surface area (Å²) in [4.78, 5) is 10.8. The Hall–Kier alpha value is -2.37. The molecular weight excluding hydrogens is 256 g/mol. The number of nitrogens with two attached hydrogens (primary N) is 1. The van der Waals surface area contributed by atoms with E-state index in [0.29, 0.717) is 23.0 Å². The van der Waals surface area contributed by atoms with Gasteiger partial charge in [-0.2, -0.15) is 5.10 Å². The van der Waals surface area contributed by atoms with Crippen LogP contribution in [0.4, 0.5) is 11.5 Å². The van der Waals surface area contributed by atoms with E-state index in [1.54, 1.807) is 12.1 Å². The number of anilines is 1. The number of aromatic nitrogens is 2. The fourth-order valence-corrected chi connectivity index (χ4v) is 2.23. The van der Waals surface area contributed by atoms with Crippen molar-refractivity contribution in [2.75, 3.05) is 5.73 Å². The third-order valence-corrected chi connectivity index (χ3v) is 3.13. The van der Waals surface area contributed by atoms with Gasteiger partial charge in [0, 0.05) is 11.6 Å². The van der Waals surface area contributed by atoms with Gasteiger partial charge in [-0.25, -0.2) is 0 Å². The van der Waals surface area contributed by atoms with Gasteiger partial charge in [0.05, 0.1) is 16.2 Å². The van der Waals surface area contributed by atoms with Gasteiger partial charge < -0.3 is 5.73 Å². The molecule has 2 aromatic rings. The number of benzene rings is 1. The second kappa shape index (κ2) is 5.32. The van der Waals surface area contributed by atoms with Crippen molar-refractivity contribution in [1.29, 1.82) is 0 Å². The zero-order valence-electron chi connectivity index (χ0n) is 11.8. The zero-order valence-corrected chi connectivity index (χ0v) is 11.8. The number of aromatic amines is 1. The number of hydrogen-bond acceptors (Lipinski definition) is 4. The summed E-state index contributed by atoms with van der Waals surface area (Å²) >= 11 is 0. The van der Waals surface area contributed by atoms with Gasteiger partial charge in [-0.15, -0.1) is 0 Å². The van der Waals surface area contributed by atoms with Crippen molar-refractivity contribution < 1.29 is 4.92 Å². The summed E-state index contributed by atoms with van der Waals surface area (Å²) in [5, 5.41) is 18.0. The number of rotatable bonds is 4. The van der Waals surface area contributed by atoms with E-state index >= 15 is 0 Å². The molecule has 6 nitrogen and oxygen atoms in total. The molecule has 0 saturated heterocycles. The molecule has 3 N–H and O–H groups in total. The number of aryl methyl sites for hydroxylation is 1. The summed E-state index contributed by atoms with van der Waals surface area (Å²) in [7, 11) is 0. The van der Waals surface area contributed by atoms with Crippen LogP contribution < -0.4 is 5.73 Å². The van der Waals surface area contributed by atoms with E-state index in [1.165, 1.54) is 6.07 Å². The van der Waals surface area contributed by atoms with E-state index in [-0.39, 0.29) is 10.6 Å². The number of nitrogens with one attached hydrogen (secondary N) is 1. The van der Waals surface area contributed by atoms with Gasteiger partial charge in [0.25, 0.3) is 5.69 Å². The van der Waals surface area contributed by atoms with Crippen LogP contribution in [0.1, 0.15) is 25.0 Å². The van der Waals surface area contributed by atoms with Gasteiger partial charge in [-0.1, -0.05) is 19.9 Å². The lowest BCUT2D eigenvalue weighted by Gasteiger charge is -2.08. The van der Waals surface area contributed by atoms with E-state index in [9.17, 15) is 10.1 Å². The number of hydrogen-bond donors (Lipinski definition) is 2. The Morgan fingerprint density at radius 1 is 1.45 bits per heavy atom. The molecule has 0 aliphatic heterocycles. The van der Waals surface area contributed by atoms with E-state index < -0.39 is 0 Å². The molecule has 0 saturated carbocycles. The molecule has 1 heterocycles. The lowest BCUT2D eigenvalue weighted by molar-refractivity contribution is -0.384. The zero-order chi connectivity index (χ0) is 14.9. The van der Waals surface area contributed by atoms with Crippen LogP contribution in [0.15, 0.2) is 18.2 Å². The van der Waals surface area contributed by atoms with E-state index in [4.69, 9.17) is 5.73 Å². The Kier molecular flexibility index (Phi) is 3.74. The molecule has 0 radical (unpaired) electrons. The first-order valence-corrected chi connectivity index (χ1v) is 6.48. The molecule has 0 amide bonds. The second-order valence-electron chi connectivity index (χ2n) is 5.34. The van der Waals surface area contributed by atoms with Crippen molar-refractivity contribution in [3.05, 3.63) is 39.4 Å². The number of nitro benzene ring substituents is 1. The second-order valence-corrected chi connectivity index (χ2v) is 5.34. The van der Waals surface area contributed by atoms with E-state index in [2.05, 4.69) is 24.0 Å². The van der Waals surface area contributed by atoms with Crippen LogP contribution >= 0.6 is 0 Å². The SMILES string of the molecule is Cc1ccc([N+](=O)[O-])c(-c2[nH]nc(N)c2CC(C)C)c1. The van der Waals surface area contributed by atoms with Crippen molar-refractivity contribution in [3.63, 3.8) is 0 Å². The Bertz CT molecular complexity index is 647. The van der Waals surface area contributed by atoms with Gasteiger partial charge in [-0.05, 0) is 30.9 Å². The standard InChI is InChI=1S/C14H18N4O2/c1-8(2)6-11-13(16-17-14(11)15)10-7-9(3)4-5-12(10)18(19)20/h4-5,7-8H,6H2,1-3H3,(H3,15,16,17). The third kappa shape index (κ3) is 2.64. The average Bonchev–Trinajstić information content (AvgIpc) is 2.70. The Balaban J connectivity index is 2.62. The molecule has 0 aliphatic rings. The number of nitrogens with zero attached hydrogens (tertiary/aromatic N) is 2. The van der Waals surface area contributed by atoms with Crippen LogP contribution in [0.25, 0.3) is 11.3 Å². The highest BCUT2D eigenvalue weighted by molar-refractivity contribution is 5.76. The maximum Gasteiger partial charge on any atom is 0.278 e. The fourth-order valence-electron chi connectivity index (χ4n) is 2.23. The first-order chi connectivity index (χ1) is 9.40. The lowest BCUT2D eigenvalue weighted by atomic mass is 9.97. The maximum atomic E-state index is 11.2. The highest BCUT2D eigenvalue weighted by Gasteiger charge is 2.21. The predicted octanol–water partition coefficient (Wildman–Crippen LogP) is 3.07. The number of nitro groups is 1. The van der Waals surface area contributed by atoms with Crippen LogP contribution in [0.5, 0.6) is 0 Å². The first kappa shape index (κ1) is 14.0. The molecule has 20 heavy (non-hydrogen) atoms. The largest absolute Gasteiger partial charge is 0.382 e. The fraction of sp³-hybridized carbons (Fsp3) is 0.357. The minimum absolute atomic E-state index is 0.0595. The van der Waals surface area contributed by atoms with Crippen LogP contribution in [0.2, 0.25) is 0 Å². The maximum absolute atomic E-state index is 11.2. The van der Waals surface area contributed by atoms with Crippen molar-refractivity contribution >= 4 is 11.5 Å². The minimum Gasteiger partial charge on any atom is -0.382 e. The van der Waals surface area contributed by atoms with Gasteiger partial charge >= 0.3 is 0 Å². The van der Waals surface area contributed by atoms with Crippen molar-refractivity contribution in [1.82, 2.24) is 10.2 Å². The third-order valence-electron chi connectivity index (χ3n) is 3.13. The van der Waals surface area contributed by atoms with Crippen LogP contribution in [0.3, 0.4) is 0 Å². The lowest BCUT2D eigenvalue weighted by Crippen LogP contribution is -2.00. The summed E-state index contributed by atoms with van der Waals surface area (Å²) < 4.78 is 0. The van der Waals surface area contributed by atoms with Crippen LogP contribution in [-0.2, 0) is 6.42 Å². The molecule has 0 spiro atoms. The van der Waals surface area contributed by atoms with Gasteiger partial charge in [0.1, 0.15) is 5.82 Å². The quantitative estimate of drug-likeness (QED) is 0.661. The molecule has 0 atom stereocenters. The van der Waals surface area contributed by atoms with E-state index in [1.807, 2.05) is 6.92 Å². The molecule has 1 aromatic heterocycles. The smallest absolute Gasteiger partial charge is 0.278 e. The molecule has 0 aliphatic carbocycles. The van der Waals surface area contributed by atoms with Crippen LogP contribution in [-0.4, -0.2) is 15.1 Å². The molecule has 1 aromatic carbocycles. The van der Waals surface area contributed by atoms with E-state index in [0.717, 1.165) is 17.5 Å². The average molecular weight is 274 g/mol. The Labute approximate surface area is 117 Å². The van der Waals surface area contributed by atoms with Crippen molar-refractivity contribution in [3.8, 4) is 11.3 Å². The normalized spacial score (nSPS) is 11.0. The molecule has 0 fully saturated rings. The first-order valence-electron chi connectivity index (χ1n) is 6.48. The molecule has 0 bridgehead atoms. The van der Waals surface area contributed by atoms with Crippen molar-refractivity contribution in [2.24, 2.45) is 5.92 Å². The van der Waals surface area contributed by atoms with Gasteiger partial charge in [0.15, 0.2) is 0 Å². The summed E-state index contributed by atoms with van der Waals surface area (Å²) in [6.45, 7) is 6.04. The minimum atomic E-state index is -0.384. The summed E-state index contributed by atoms with van der Waals surface area (Å²) in [5.74, 6) is 0.794. The highest BCUT2D eigenvalue weighted by Crippen LogP contribution is 2.34. The highest BCUT2D eigenvalue weighted by atomic mass is 16.6. The summed E-state index contributed by atoms with van der Waals surface area (Å²) in [6.07, 6.45) is 0.725. The monoisotopic (exact) mass is 274 g/mol. The Morgan fingerprint density at radius 2 is 2.15 bits per heavy atom. The predicted molar refractivity (Wildman–Crippen MR) is 78.4 cm³/mol. The number of H-pyrrole nitrogens is 1. The number of nitrogen functional groups attached to an aromatic ring is 1.